The lowest BCUT2D eigenvalue weighted by Crippen LogP contribution is -2.23. The zero-order valence-electron chi connectivity index (χ0n) is 20.6. The van der Waals surface area contributed by atoms with Gasteiger partial charge in [-0.15, -0.1) is 11.3 Å². The fourth-order valence-corrected chi connectivity index (χ4v) is 5.84. The number of nitrogens with zero attached hydrogens (tertiary/aromatic N) is 2. The lowest BCUT2D eigenvalue weighted by atomic mass is 10.1. The Morgan fingerprint density at radius 2 is 1.84 bits per heavy atom. The van der Waals surface area contributed by atoms with Crippen LogP contribution in [-0.4, -0.2) is 28.3 Å². The average Bonchev–Trinajstić information content (AvgIpc) is 3.34. The standard InChI is InChI=1S/C29H25N3O3S2/c1-18-12-13-19(2)24(14-18)32-28(34)27-23(16-25(37-27)20-8-5-4-6-9-20)31-29(32)36-17-26(33)30-21-10-7-11-22(15-21)35-3/h4-16H,17H2,1-3H3,(H,30,33). The summed E-state index contributed by atoms with van der Waals surface area (Å²) in [6.45, 7) is 3.96. The first-order valence-electron chi connectivity index (χ1n) is 11.7. The van der Waals surface area contributed by atoms with Gasteiger partial charge in [-0.3, -0.25) is 14.2 Å². The van der Waals surface area contributed by atoms with E-state index in [0.29, 0.717) is 26.8 Å². The second-order valence-corrected chi connectivity index (χ2v) is 10.6. The monoisotopic (exact) mass is 527 g/mol. The van der Waals surface area contributed by atoms with Crippen molar-refractivity contribution in [3.05, 3.63) is 100 Å². The molecule has 0 saturated carbocycles. The van der Waals surface area contributed by atoms with Crippen molar-refractivity contribution >= 4 is 44.9 Å². The summed E-state index contributed by atoms with van der Waals surface area (Å²) in [6, 6.07) is 25.1. The molecule has 0 unspecified atom stereocenters. The van der Waals surface area contributed by atoms with Crippen LogP contribution in [0, 0.1) is 13.8 Å². The molecule has 0 spiro atoms. The van der Waals surface area contributed by atoms with Crippen molar-refractivity contribution in [3.63, 3.8) is 0 Å². The van der Waals surface area contributed by atoms with Crippen LogP contribution in [0.4, 0.5) is 5.69 Å². The van der Waals surface area contributed by atoms with E-state index in [2.05, 4.69) is 5.32 Å². The van der Waals surface area contributed by atoms with Crippen LogP contribution in [0.1, 0.15) is 11.1 Å². The number of amides is 1. The Labute approximate surface area is 223 Å². The van der Waals surface area contributed by atoms with Gasteiger partial charge in [0.15, 0.2) is 5.16 Å². The number of anilines is 1. The summed E-state index contributed by atoms with van der Waals surface area (Å²) in [7, 11) is 1.58. The fourth-order valence-electron chi connectivity index (χ4n) is 4.00. The molecule has 0 aliphatic carbocycles. The van der Waals surface area contributed by atoms with Crippen molar-refractivity contribution in [1.29, 1.82) is 0 Å². The zero-order valence-corrected chi connectivity index (χ0v) is 22.3. The van der Waals surface area contributed by atoms with Gasteiger partial charge in [0, 0.05) is 16.6 Å². The Bertz CT molecular complexity index is 1660. The maximum absolute atomic E-state index is 13.9. The van der Waals surface area contributed by atoms with E-state index in [1.54, 1.807) is 23.8 Å². The predicted molar refractivity (Wildman–Crippen MR) is 152 cm³/mol. The number of hydrogen-bond donors (Lipinski definition) is 1. The molecule has 5 aromatic rings. The highest BCUT2D eigenvalue weighted by Gasteiger charge is 2.19. The molecule has 2 aromatic heterocycles. The largest absolute Gasteiger partial charge is 0.497 e. The van der Waals surface area contributed by atoms with Gasteiger partial charge in [0.1, 0.15) is 10.4 Å². The molecular formula is C29H25N3O3S2. The summed E-state index contributed by atoms with van der Waals surface area (Å²) in [5.74, 6) is 0.554. The first kappa shape index (κ1) is 24.8. The number of aromatic nitrogens is 2. The quantitative estimate of drug-likeness (QED) is 0.194. The van der Waals surface area contributed by atoms with Crippen molar-refractivity contribution in [1.82, 2.24) is 9.55 Å². The Hall–Kier alpha value is -3.88. The van der Waals surface area contributed by atoms with Crippen LogP contribution in [-0.2, 0) is 4.79 Å². The molecule has 5 rings (SSSR count). The maximum Gasteiger partial charge on any atom is 0.276 e. The van der Waals surface area contributed by atoms with E-state index in [4.69, 9.17) is 9.72 Å². The molecule has 0 atom stereocenters. The number of fused-ring (bicyclic) bond motifs is 1. The van der Waals surface area contributed by atoms with E-state index in [1.165, 1.54) is 23.1 Å². The van der Waals surface area contributed by atoms with Gasteiger partial charge < -0.3 is 10.1 Å². The van der Waals surface area contributed by atoms with E-state index in [9.17, 15) is 9.59 Å². The van der Waals surface area contributed by atoms with E-state index in [1.807, 2.05) is 80.6 Å². The highest BCUT2D eigenvalue weighted by molar-refractivity contribution is 7.99. The fraction of sp³-hybridized carbons (Fsp3) is 0.138. The number of thioether (sulfide) groups is 1. The van der Waals surface area contributed by atoms with Crippen LogP contribution >= 0.6 is 23.1 Å². The third-order valence-electron chi connectivity index (χ3n) is 5.87. The highest BCUT2D eigenvalue weighted by Crippen LogP contribution is 2.33. The normalized spacial score (nSPS) is 11.0. The lowest BCUT2D eigenvalue weighted by Gasteiger charge is -2.15. The molecule has 0 bridgehead atoms. The number of rotatable bonds is 7. The number of hydrogen-bond acceptors (Lipinski definition) is 6. The van der Waals surface area contributed by atoms with Gasteiger partial charge >= 0.3 is 0 Å². The number of methoxy groups -OCH3 is 1. The molecule has 0 aliphatic rings. The molecule has 8 heteroatoms. The van der Waals surface area contributed by atoms with Gasteiger partial charge in [0.2, 0.25) is 5.91 Å². The molecular weight excluding hydrogens is 502 g/mol. The van der Waals surface area contributed by atoms with Crippen LogP contribution in [0.3, 0.4) is 0 Å². The number of thiophene rings is 1. The van der Waals surface area contributed by atoms with Crippen molar-refractivity contribution < 1.29 is 9.53 Å². The molecule has 3 aromatic carbocycles. The van der Waals surface area contributed by atoms with Crippen LogP contribution in [0.15, 0.2) is 88.8 Å². The molecule has 2 heterocycles. The highest BCUT2D eigenvalue weighted by atomic mass is 32.2. The number of nitrogens with one attached hydrogen (secondary N) is 1. The van der Waals surface area contributed by atoms with Crippen LogP contribution < -0.4 is 15.6 Å². The topological polar surface area (TPSA) is 73.2 Å². The van der Waals surface area contributed by atoms with Crippen molar-refractivity contribution in [3.8, 4) is 21.9 Å². The van der Waals surface area contributed by atoms with Gasteiger partial charge in [-0.1, -0.05) is 60.3 Å². The number of ether oxygens (including phenoxy) is 1. The number of carbonyl (C=O) groups is 1. The lowest BCUT2D eigenvalue weighted by molar-refractivity contribution is -0.113. The Balaban J connectivity index is 1.54. The summed E-state index contributed by atoms with van der Waals surface area (Å²) >= 11 is 2.68. The van der Waals surface area contributed by atoms with E-state index >= 15 is 0 Å². The maximum atomic E-state index is 13.9. The molecule has 0 aliphatic heterocycles. The van der Waals surface area contributed by atoms with Gasteiger partial charge in [0.05, 0.1) is 24.1 Å². The number of carbonyl (C=O) groups excluding carboxylic acids is 1. The summed E-state index contributed by atoms with van der Waals surface area (Å²) < 4.78 is 7.46. The van der Waals surface area contributed by atoms with E-state index < -0.39 is 0 Å². The minimum Gasteiger partial charge on any atom is -0.497 e. The minimum absolute atomic E-state index is 0.0930. The second kappa shape index (κ2) is 10.6. The third-order valence-corrected chi connectivity index (χ3v) is 7.97. The smallest absolute Gasteiger partial charge is 0.276 e. The predicted octanol–water partition coefficient (Wildman–Crippen LogP) is 6.47. The molecule has 0 saturated heterocycles. The zero-order chi connectivity index (χ0) is 25.9. The van der Waals surface area contributed by atoms with Gasteiger partial charge in [-0.25, -0.2) is 4.98 Å². The Morgan fingerprint density at radius 1 is 1.03 bits per heavy atom. The third kappa shape index (κ3) is 5.30. The first-order chi connectivity index (χ1) is 17.9. The average molecular weight is 528 g/mol. The SMILES string of the molecule is COc1cccc(NC(=O)CSc2nc3cc(-c4ccccc4)sc3c(=O)n2-c2cc(C)ccc2C)c1. The van der Waals surface area contributed by atoms with Gasteiger partial charge in [0.25, 0.3) is 5.56 Å². The summed E-state index contributed by atoms with van der Waals surface area (Å²) in [4.78, 5) is 32.5. The molecule has 0 fully saturated rings. The number of benzene rings is 3. The van der Waals surface area contributed by atoms with Crippen molar-refractivity contribution in [2.45, 2.75) is 19.0 Å². The Morgan fingerprint density at radius 3 is 2.62 bits per heavy atom. The summed E-state index contributed by atoms with van der Waals surface area (Å²) in [5.41, 5.74) is 4.94. The van der Waals surface area contributed by atoms with Crippen LogP contribution in [0.5, 0.6) is 5.75 Å². The minimum atomic E-state index is -0.199. The van der Waals surface area contributed by atoms with Gasteiger partial charge in [-0.05, 0) is 54.8 Å². The molecule has 1 amide bonds. The van der Waals surface area contributed by atoms with E-state index in [0.717, 1.165) is 27.3 Å². The molecule has 0 radical (unpaired) electrons. The summed E-state index contributed by atoms with van der Waals surface area (Å²) in [5, 5.41) is 3.37. The molecule has 1 N–H and O–H groups in total. The van der Waals surface area contributed by atoms with Crippen LogP contribution in [0.2, 0.25) is 0 Å². The molecule has 37 heavy (non-hydrogen) atoms. The van der Waals surface area contributed by atoms with Crippen molar-refractivity contribution in [2.24, 2.45) is 0 Å². The molecule has 6 nitrogen and oxygen atoms in total. The van der Waals surface area contributed by atoms with Crippen molar-refractivity contribution in [2.75, 3.05) is 18.2 Å². The van der Waals surface area contributed by atoms with Gasteiger partial charge in [-0.2, -0.15) is 0 Å². The van der Waals surface area contributed by atoms with E-state index in [-0.39, 0.29) is 17.2 Å². The molecule has 186 valence electrons. The summed E-state index contributed by atoms with van der Waals surface area (Å²) in [6.07, 6.45) is 0. The number of aryl methyl sites for hydroxylation is 2. The first-order valence-corrected chi connectivity index (χ1v) is 13.5. The Kier molecular flexibility index (Phi) is 7.12. The van der Waals surface area contributed by atoms with Crippen LogP contribution in [0.25, 0.3) is 26.3 Å². The second-order valence-electron chi connectivity index (χ2n) is 8.58.